The highest BCUT2D eigenvalue weighted by Crippen LogP contribution is 2.10. The van der Waals surface area contributed by atoms with E-state index in [1.54, 1.807) is 0 Å². The van der Waals surface area contributed by atoms with Gasteiger partial charge in [-0.3, -0.25) is 10.1 Å². The highest BCUT2D eigenvalue weighted by Gasteiger charge is 2.24. The van der Waals surface area contributed by atoms with Gasteiger partial charge in [-0.25, -0.2) is 0 Å². The van der Waals surface area contributed by atoms with Crippen LogP contribution >= 0.6 is 0 Å². The first kappa shape index (κ1) is 10.4. The summed E-state index contributed by atoms with van der Waals surface area (Å²) in [6.07, 6.45) is 1.12. The molecule has 0 amide bonds. The van der Waals surface area contributed by atoms with Crippen LogP contribution in [0.1, 0.15) is 19.8 Å². The van der Waals surface area contributed by atoms with Crippen molar-refractivity contribution in [1.29, 1.82) is 0 Å². The smallest absolute Gasteiger partial charge is 0.215 e. The Bertz CT molecular complexity index is 169. The molecule has 5 nitrogen and oxygen atoms in total. The molecule has 0 aliphatic carbocycles. The first-order valence-corrected chi connectivity index (χ1v) is 4.69. The van der Waals surface area contributed by atoms with Crippen molar-refractivity contribution in [1.82, 2.24) is 5.32 Å². The van der Waals surface area contributed by atoms with Crippen LogP contribution in [0.4, 0.5) is 0 Å². The van der Waals surface area contributed by atoms with Crippen molar-refractivity contribution in [2.75, 3.05) is 19.7 Å². The van der Waals surface area contributed by atoms with E-state index in [9.17, 15) is 10.1 Å². The molecule has 5 heteroatoms. The summed E-state index contributed by atoms with van der Waals surface area (Å²) in [5, 5.41) is 13.7. The predicted octanol–water partition coefficient (Wildman–Crippen LogP) is 0.420. The third kappa shape index (κ3) is 3.28. The fourth-order valence-corrected chi connectivity index (χ4v) is 1.48. The van der Waals surface area contributed by atoms with Gasteiger partial charge in [0, 0.05) is 30.9 Å². The van der Waals surface area contributed by atoms with Crippen molar-refractivity contribution in [2.45, 2.75) is 31.9 Å². The van der Waals surface area contributed by atoms with Crippen LogP contribution < -0.4 is 5.32 Å². The van der Waals surface area contributed by atoms with Crippen LogP contribution in [0.25, 0.3) is 0 Å². The number of rotatable bonds is 4. The normalized spacial score (nSPS) is 25.5. The molecule has 0 radical (unpaired) electrons. The summed E-state index contributed by atoms with van der Waals surface area (Å²) in [6.45, 7) is 4.10. The van der Waals surface area contributed by atoms with E-state index in [1.165, 1.54) is 0 Å². The summed E-state index contributed by atoms with van der Waals surface area (Å²) >= 11 is 0. The lowest BCUT2D eigenvalue weighted by Crippen LogP contribution is -2.41. The number of morpholine rings is 1. The van der Waals surface area contributed by atoms with Gasteiger partial charge in [0.2, 0.25) is 6.04 Å². The van der Waals surface area contributed by atoms with Crippen molar-refractivity contribution in [3.05, 3.63) is 10.1 Å². The molecule has 0 spiro atoms. The average molecular weight is 188 g/mol. The van der Waals surface area contributed by atoms with Gasteiger partial charge in [-0.1, -0.05) is 6.92 Å². The van der Waals surface area contributed by atoms with Crippen LogP contribution in [-0.2, 0) is 4.74 Å². The van der Waals surface area contributed by atoms with Gasteiger partial charge in [0.05, 0.1) is 12.7 Å². The molecule has 1 aliphatic rings. The largest absolute Gasteiger partial charge is 0.375 e. The van der Waals surface area contributed by atoms with Crippen LogP contribution in [0.15, 0.2) is 0 Å². The van der Waals surface area contributed by atoms with Gasteiger partial charge in [0.1, 0.15) is 0 Å². The lowest BCUT2D eigenvalue weighted by Gasteiger charge is -2.24. The monoisotopic (exact) mass is 188 g/mol. The van der Waals surface area contributed by atoms with Crippen molar-refractivity contribution < 1.29 is 9.66 Å². The molecule has 0 aromatic heterocycles. The zero-order valence-corrected chi connectivity index (χ0v) is 7.86. The van der Waals surface area contributed by atoms with Crippen LogP contribution in [0.3, 0.4) is 0 Å². The molecule has 1 fully saturated rings. The molecule has 1 saturated heterocycles. The van der Waals surface area contributed by atoms with Gasteiger partial charge in [-0.05, 0) is 0 Å². The molecular formula is C8H16N2O3. The highest BCUT2D eigenvalue weighted by atomic mass is 16.6. The molecule has 2 unspecified atom stereocenters. The van der Waals surface area contributed by atoms with E-state index in [-0.39, 0.29) is 11.0 Å². The Kier molecular flexibility index (Phi) is 4.11. The topological polar surface area (TPSA) is 64.4 Å². The quantitative estimate of drug-likeness (QED) is 0.513. The van der Waals surface area contributed by atoms with Crippen LogP contribution in [0.2, 0.25) is 0 Å². The summed E-state index contributed by atoms with van der Waals surface area (Å²) in [5.74, 6) is 0. The summed E-state index contributed by atoms with van der Waals surface area (Å²) in [5.41, 5.74) is 0. The third-order valence-corrected chi connectivity index (χ3v) is 2.31. The zero-order chi connectivity index (χ0) is 9.68. The molecule has 2 atom stereocenters. The molecule has 0 saturated carbocycles. The van der Waals surface area contributed by atoms with Gasteiger partial charge >= 0.3 is 0 Å². The van der Waals surface area contributed by atoms with Crippen molar-refractivity contribution >= 4 is 0 Å². The Morgan fingerprint density at radius 1 is 1.77 bits per heavy atom. The Morgan fingerprint density at radius 3 is 3.00 bits per heavy atom. The molecule has 0 aromatic rings. The van der Waals surface area contributed by atoms with E-state index >= 15 is 0 Å². The van der Waals surface area contributed by atoms with E-state index in [0.717, 1.165) is 13.1 Å². The minimum atomic E-state index is -0.454. The Balaban J connectivity index is 2.31. The molecule has 1 N–H and O–H groups in total. The van der Waals surface area contributed by atoms with E-state index in [2.05, 4.69) is 5.32 Å². The Morgan fingerprint density at radius 2 is 2.54 bits per heavy atom. The summed E-state index contributed by atoms with van der Waals surface area (Å²) < 4.78 is 5.39. The maximum absolute atomic E-state index is 10.5. The highest BCUT2D eigenvalue weighted by molar-refractivity contribution is 4.70. The minimum Gasteiger partial charge on any atom is -0.375 e. The van der Waals surface area contributed by atoms with Gasteiger partial charge in [0.15, 0.2) is 0 Å². The van der Waals surface area contributed by atoms with Gasteiger partial charge in [-0.2, -0.15) is 0 Å². The predicted molar refractivity (Wildman–Crippen MR) is 48.3 cm³/mol. The first-order valence-electron chi connectivity index (χ1n) is 4.69. The molecular weight excluding hydrogens is 172 g/mol. The van der Waals surface area contributed by atoms with Crippen LogP contribution in [0.5, 0.6) is 0 Å². The molecule has 13 heavy (non-hydrogen) atoms. The van der Waals surface area contributed by atoms with E-state index in [0.29, 0.717) is 19.4 Å². The van der Waals surface area contributed by atoms with Gasteiger partial charge in [0.25, 0.3) is 0 Å². The van der Waals surface area contributed by atoms with Crippen LogP contribution in [-0.4, -0.2) is 36.8 Å². The number of nitrogens with one attached hydrogen (secondary N) is 1. The fourth-order valence-electron chi connectivity index (χ4n) is 1.48. The third-order valence-electron chi connectivity index (χ3n) is 2.31. The summed E-state index contributed by atoms with van der Waals surface area (Å²) in [7, 11) is 0. The van der Waals surface area contributed by atoms with Crippen molar-refractivity contribution in [2.24, 2.45) is 0 Å². The van der Waals surface area contributed by atoms with Crippen molar-refractivity contribution in [3.63, 3.8) is 0 Å². The molecule has 76 valence electrons. The Hall–Kier alpha value is -0.680. The average Bonchev–Trinajstić information content (AvgIpc) is 2.15. The summed E-state index contributed by atoms with van der Waals surface area (Å²) in [4.78, 5) is 10.3. The van der Waals surface area contributed by atoms with Gasteiger partial charge in [-0.15, -0.1) is 0 Å². The number of ether oxygens (including phenoxy) is 1. The second-order valence-electron chi connectivity index (χ2n) is 3.28. The fraction of sp³-hybridized carbons (Fsp3) is 1.00. The molecule has 0 aromatic carbocycles. The number of nitro groups is 1. The van der Waals surface area contributed by atoms with Gasteiger partial charge < -0.3 is 10.1 Å². The second kappa shape index (κ2) is 5.14. The first-order chi connectivity index (χ1) is 6.24. The molecule has 1 rings (SSSR count). The summed E-state index contributed by atoms with van der Waals surface area (Å²) in [6, 6.07) is -0.454. The zero-order valence-electron chi connectivity index (χ0n) is 7.86. The second-order valence-corrected chi connectivity index (χ2v) is 3.28. The molecule has 0 bridgehead atoms. The SMILES string of the molecule is CCC(CC1CNCCO1)[N+](=O)[O-]. The maximum Gasteiger partial charge on any atom is 0.215 e. The van der Waals surface area contributed by atoms with E-state index in [1.807, 2.05) is 6.92 Å². The lowest BCUT2D eigenvalue weighted by molar-refractivity contribution is -0.525. The van der Waals surface area contributed by atoms with E-state index < -0.39 is 6.04 Å². The maximum atomic E-state index is 10.5. The van der Waals surface area contributed by atoms with E-state index in [4.69, 9.17) is 4.74 Å². The molecule has 1 heterocycles. The van der Waals surface area contributed by atoms with Crippen LogP contribution in [0, 0.1) is 10.1 Å². The minimum absolute atomic E-state index is 0.0177. The Labute approximate surface area is 77.6 Å². The van der Waals surface area contributed by atoms with Crippen molar-refractivity contribution in [3.8, 4) is 0 Å². The molecule has 1 aliphatic heterocycles. The lowest BCUT2D eigenvalue weighted by atomic mass is 10.1. The standard InChI is InChI=1S/C8H16N2O3/c1-2-7(10(11)12)5-8-6-9-3-4-13-8/h7-9H,2-6H2,1H3. The number of hydrogen-bond acceptors (Lipinski definition) is 4. The number of nitrogens with zero attached hydrogens (tertiary/aromatic N) is 1. The number of hydrogen-bond donors (Lipinski definition) is 1.